The fourth-order valence-electron chi connectivity index (χ4n) is 1.16. The van der Waals surface area contributed by atoms with E-state index in [0.29, 0.717) is 5.56 Å². The Labute approximate surface area is 106 Å². The summed E-state index contributed by atoms with van der Waals surface area (Å²) in [5, 5.41) is 0. The van der Waals surface area contributed by atoms with Crippen LogP contribution in [0.25, 0.3) is 10.4 Å². The van der Waals surface area contributed by atoms with Gasteiger partial charge in [-0.25, -0.2) is 16.8 Å². The molecular weight excluding hydrogens is 278 g/mol. The highest BCUT2D eigenvalue weighted by Crippen LogP contribution is 2.14. The van der Waals surface area contributed by atoms with Crippen LogP contribution in [0.1, 0.15) is 13.0 Å². The Balaban J connectivity index is 0.00000289. The lowest BCUT2D eigenvalue weighted by molar-refractivity contribution is 0.597. The number of hydrogen-bond donors (Lipinski definition) is 0. The van der Waals surface area contributed by atoms with Crippen LogP contribution in [0.15, 0.2) is 33.7 Å². The standard InChI is InChI=1S/C8H9N3O4S2.CH4/c1-16(12,13)6-7-2-4-8(5-3-7)17(14,15)11-10-9;/h2-5H,6H2,1H3;1H4. The third-order valence-electron chi connectivity index (χ3n) is 1.79. The molecule has 7 nitrogen and oxygen atoms in total. The van der Waals surface area contributed by atoms with Crippen LogP contribution in [-0.2, 0) is 25.6 Å². The van der Waals surface area contributed by atoms with Crippen molar-refractivity contribution in [1.82, 2.24) is 0 Å². The lowest BCUT2D eigenvalue weighted by Gasteiger charge is -2.01. The van der Waals surface area contributed by atoms with Crippen LogP contribution in [0, 0.1) is 0 Å². The van der Waals surface area contributed by atoms with E-state index in [1.54, 1.807) is 0 Å². The van der Waals surface area contributed by atoms with Crippen molar-refractivity contribution in [3.8, 4) is 0 Å². The summed E-state index contributed by atoms with van der Waals surface area (Å²) in [7, 11) is -7.18. The SMILES string of the molecule is C.CS(=O)(=O)Cc1ccc(S(=O)(=O)N=[N+]=[N-])cc1. The van der Waals surface area contributed by atoms with E-state index < -0.39 is 19.9 Å². The summed E-state index contributed by atoms with van der Waals surface area (Å²) in [5.41, 5.74) is 8.54. The van der Waals surface area contributed by atoms with E-state index in [1.165, 1.54) is 24.3 Å². The van der Waals surface area contributed by atoms with Gasteiger partial charge in [-0.2, -0.15) is 0 Å². The maximum Gasteiger partial charge on any atom is 0.264 e. The summed E-state index contributed by atoms with van der Waals surface area (Å²) in [4.78, 5) is 2.03. The summed E-state index contributed by atoms with van der Waals surface area (Å²) in [6.07, 6.45) is 1.08. The topological polar surface area (TPSA) is 117 Å². The molecule has 0 atom stereocenters. The monoisotopic (exact) mass is 291 g/mol. The van der Waals surface area contributed by atoms with Gasteiger partial charge in [-0.1, -0.05) is 19.6 Å². The summed E-state index contributed by atoms with van der Waals surface area (Å²) in [6, 6.07) is 5.12. The van der Waals surface area contributed by atoms with Gasteiger partial charge < -0.3 is 0 Å². The minimum absolute atomic E-state index is 0. The van der Waals surface area contributed by atoms with E-state index >= 15 is 0 Å². The number of nitrogens with zero attached hydrogens (tertiary/aromatic N) is 3. The average molecular weight is 291 g/mol. The Kier molecular flexibility index (Phi) is 5.34. The summed E-state index contributed by atoms with van der Waals surface area (Å²) >= 11 is 0. The minimum Gasteiger partial charge on any atom is -0.229 e. The molecule has 0 heterocycles. The predicted octanol–water partition coefficient (Wildman–Crippen LogP) is 1.87. The molecule has 0 saturated carbocycles. The van der Waals surface area contributed by atoms with Crippen LogP contribution in [0.4, 0.5) is 0 Å². The maximum absolute atomic E-state index is 11.3. The Morgan fingerprint density at radius 1 is 1.17 bits per heavy atom. The molecule has 18 heavy (non-hydrogen) atoms. The lowest BCUT2D eigenvalue weighted by atomic mass is 10.2. The molecule has 100 valence electrons. The zero-order valence-corrected chi connectivity index (χ0v) is 10.4. The molecule has 9 heteroatoms. The van der Waals surface area contributed by atoms with E-state index in [9.17, 15) is 16.8 Å². The number of sulfone groups is 1. The van der Waals surface area contributed by atoms with Gasteiger partial charge in [0.05, 0.1) is 10.6 Å². The maximum atomic E-state index is 11.3. The van der Waals surface area contributed by atoms with E-state index in [2.05, 4.69) is 9.43 Å². The lowest BCUT2D eigenvalue weighted by Crippen LogP contribution is -2.01. The third kappa shape index (κ3) is 4.74. The molecule has 0 aromatic heterocycles. The first kappa shape index (κ1) is 16.4. The van der Waals surface area contributed by atoms with Gasteiger partial charge in [0.2, 0.25) is 0 Å². The van der Waals surface area contributed by atoms with E-state index in [-0.39, 0.29) is 18.1 Å². The van der Waals surface area contributed by atoms with Crippen molar-refractivity contribution in [2.45, 2.75) is 18.1 Å². The zero-order chi connectivity index (χ0) is 13.1. The molecule has 0 bridgehead atoms. The van der Waals surface area contributed by atoms with Gasteiger partial charge in [-0.3, -0.25) is 0 Å². The van der Waals surface area contributed by atoms with Gasteiger partial charge >= 0.3 is 0 Å². The second kappa shape index (κ2) is 5.85. The fourth-order valence-corrected chi connectivity index (χ4v) is 2.62. The van der Waals surface area contributed by atoms with Gasteiger partial charge in [0.15, 0.2) is 9.84 Å². The molecule has 0 spiro atoms. The van der Waals surface area contributed by atoms with Crippen LogP contribution in [-0.4, -0.2) is 23.1 Å². The highest BCUT2D eigenvalue weighted by Gasteiger charge is 2.12. The molecule has 1 aromatic rings. The highest BCUT2D eigenvalue weighted by atomic mass is 32.2. The van der Waals surface area contributed by atoms with Gasteiger partial charge in [-0.05, 0) is 23.2 Å². The van der Waals surface area contributed by atoms with Crippen LogP contribution in [0.5, 0.6) is 0 Å². The van der Waals surface area contributed by atoms with Crippen molar-refractivity contribution < 1.29 is 16.8 Å². The van der Waals surface area contributed by atoms with Gasteiger partial charge in [0, 0.05) is 15.7 Å². The minimum atomic E-state index is -4.01. The zero-order valence-electron chi connectivity index (χ0n) is 8.81. The molecule has 0 fully saturated rings. The van der Waals surface area contributed by atoms with Crippen LogP contribution in [0.3, 0.4) is 0 Å². The van der Waals surface area contributed by atoms with Crippen molar-refractivity contribution in [3.63, 3.8) is 0 Å². The van der Waals surface area contributed by atoms with Gasteiger partial charge in [-0.15, -0.1) is 0 Å². The number of rotatable bonds is 4. The second-order valence-corrected chi connectivity index (χ2v) is 7.09. The van der Waals surface area contributed by atoms with Crippen molar-refractivity contribution in [2.75, 3.05) is 6.26 Å². The molecule has 0 unspecified atom stereocenters. The van der Waals surface area contributed by atoms with Crippen molar-refractivity contribution in [2.24, 2.45) is 4.52 Å². The van der Waals surface area contributed by atoms with E-state index in [0.717, 1.165) is 6.26 Å². The Bertz CT molecular complexity index is 656. The first-order valence-corrected chi connectivity index (χ1v) is 7.83. The normalized spacial score (nSPS) is 11.2. The Hall–Kier alpha value is -1.57. The molecule has 0 radical (unpaired) electrons. The first-order chi connectivity index (χ1) is 7.74. The molecule has 0 aliphatic heterocycles. The van der Waals surface area contributed by atoms with Crippen molar-refractivity contribution in [3.05, 3.63) is 40.3 Å². The second-order valence-electron chi connectivity index (χ2n) is 3.36. The molecule has 1 rings (SSSR count). The number of benzene rings is 1. The van der Waals surface area contributed by atoms with Gasteiger partial charge in [0.1, 0.15) is 0 Å². The Morgan fingerprint density at radius 2 is 1.67 bits per heavy atom. The number of azide groups is 1. The van der Waals surface area contributed by atoms with E-state index in [4.69, 9.17) is 5.53 Å². The van der Waals surface area contributed by atoms with Crippen LogP contribution in [0.2, 0.25) is 0 Å². The number of hydrogen-bond acceptors (Lipinski definition) is 4. The Morgan fingerprint density at radius 3 is 2.06 bits per heavy atom. The molecule has 0 aliphatic rings. The molecular formula is C9H13N3O4S2. The molecule has 0 amide bonds. The van der Waals surface area contributed by atoms with Gasteiger partial charge in [0.25, 0.3) is 10.0 Å². The summed E-state index contributed by atoms with van der Waals surface area (Å²) < 4.78 is 47.2. The largest absolute Gasteiger partial charge is 0.264 e. The summed E-state index contributed by atoms with van der Waals surface area (Å²) in [6.45, 7) is 0. The average Bonchev–Trinajstić information content (AvgIpc) is 2.15. The smallest absolute Gasteiger partial charge is 0.229 e. The van der Waals surface area contributed by atoms with Crippen molar-refractivity contribution >= 4 is 19.9 Å². The van der Waals surface area contributed by atoms with Crippen LogP contribution < -0.4 is 0 Å². The van der Waals surface area contributed by atoms with Crippen molar-refractivity contribution in [1.29, 1.82) is 0 Å². The predicted molar refractivity (Wildman–Crippen MR) is 68.1 cm³/mol. The molecule has 0 aliphatic carbocycles. The number of sulfonamides is 1. The fraction of sp³-hybridized carbons (Fsp3) is 0.333. The molecule has 1 aromatic carbocycles. The van der Waals surface area contributed by atoms with Crippen LogP contribution >= 0.6 is 0 Å². The molecule has 0 N–H and O–H groups in total. The summed E-state index contributed by atoms with van der Waals surface area (Å²) in [5.74, 6) is -0.172. The first-order valence-electron chi connectivity index (χ1n) is 4.33. The quantitative estimate of drug-likeness (QED) is 0.478. The molecule has 0 saturated heterocycles. The third-order valence-corrected chi connectivity index (χ3v) is 3.81. The van der Waals surface area contributed by atoms with E-state index in [1.807, 2.05) is 0 Å². The highest BCUT2D eigenvalue weighted by molar-refractivity contribution is 7.90.